The van der Waals surface area contributed by atoms with Crippen LogP contribution in [-0.4, -0.2) is 35.1 Å². The molecule has 1 amide bonds. The summed E-state index contributed by atoms with van der Waals surface area (Å²) in [6.07, 6.45) is 0.596. The van der Waals surface area contributed by atoms with E-state index in [0.717, 1.165) is 6.42 Å². The molecular weight excluding hydrogens is 269 g/mol. The fourth-order valence-electron chi connectivity index (χ4n) is 2.35. The first-order valence-corrected chi connectivity index (χ1v) is 6.75. The Morgan fingerprint density at radius 2 is 2.37 bits per heavy atom. The van der Waals surface area contributed by atoms with Gasteiger partial charge in [-0.05, 0) is 31.0 Å². The summed E-state index contributed by atoms with van der Waals surface area (Å²) in [6, 6.07) is 4.06. The van der Waals surface area contributed by atoms with E-state index in [1.165, 1.54) is 18.2 Å². The van der Waals surface area contributed by atoms with E-state index >= 15 is 0 Å². The first-order valence-electron chi connectivity index (χ1n) is 6.37. The molecule has 0 spiro atoms. The fourth-order valence-corrected chi connectivity index (χ4v) is 2.58. The first-order chi connectivity index (χ1) is 8.97. The van der Waals surface area contributed by atoms with Gasteiger partial charge in [-0.25, -0.2) is 4.39 Å². The van der Waals surface area contributed by atoms with Crippen molar-refractivity contribution in [3.63, 3.8) is 0 Å². The lowest BCUT2D eigenvalue weighted by Crippen LogP contribution is -2.31. The molecule has 0 aromatic heterocycles. The van der Waals surface area contributed by atoms with Crippen LogP contribution in [0.25, 0.3) is 0 Å². The summed E-state index contributed by atoms with van der Waals surface area (Å²) >= 11 is 5.91. The van der Waals surface area contributed by atoms with Crippen molar-refractivity contribution in [3.8, 4) is 0 Å². The van der Waals surface area contributed by atoms with Crippen LogP contribution >= 0.6 is 11.6 Å². The van der Waals surface area contributed by atoms with Crippen LogP contribution in [0.2, 0.25) is 5.02 Å². The number of amides is 1. The third kappa shape index (κ3) is 3.45. The number of hydrogen-bond acceptors (Lipinski definition) is 2. The molecule has 19 heavy (non-hydrogen) atoms. The quantitative estimate of drug-likeness (QED) is 0.925. The van der Waals surface area contributed by atoms with Crippen molar-refractivity contribution in [3.05, 3.63) is 34.6 Å². The molecule has 0 aliphatic carbocycles. The van der Waals surface area contributed by atoms with Crippen LogP contribution in [0.5, 0.6) is 0 Å². The Morgan fingerprint density at radius 3 is 2.95 bits per heavy atom. The summed E-state index contributed by atoms with van der Waals surface area (Å²) in [7, 11) is 0. The number of halogens is 2. The van der Waals surface area contributed by atoms with Crippen molar-refractivity contribution in [2.75, 3.05) is 13.1 Å². The van der Waals surface area contributed by atoms with Gasteiger partial charge in [-0.2, -0.15) is 0 Å². The van der Waals surface area contributed by atoms with Crippen molar-refractivity contribution >= 4 is 17.5 Å². The van der Waals surface area contributed by atoms with Crippen LogP contribution in [0.15, 0.2) is 18.2 Å². The normalized spacial score (nSPS) is 20.6. The van der Waals surface area contributed by atoms with Gasteiger partial charge in [0, 0.05) is 24.0 Å². The van der Waals surface area contributed by atoms with Crippen molar-refractivity contribution in [2.45, 2.75) is 25.9 Å². The lowest BCUT2D eigenvalue weighted by Gasteiger charge is -2.18. The number of aliphatic hydroxyl groups excluding tert-OH is 1. The van der Waals surface area contributed by atoms with Gasteiger partial charge in [-0.3, -0.25) is 4.79 Å². The molecule has 0 radical (unpaired) electrons. The van der Waals surface area contributed by atoms with E-state index in [2.05, 4.69) is 0 Å². The highest BCUT2D eigenvalue weighted by Crippen LogP contribution is 2.22. The zero-order valence-corrected chi connectivity index (χ0v) is 11.5. The van der Waals surface area contributed by atoms with E-state index in [9.17, 15) is 14.3 Å². The number of aliphatic hydroxyl groups is 1. The second-order valence-electron chi connectivity index (χ2n) is 5.04. The Morgan fingerprint density at radius 1 is 1.63 bits per heavy atom. The zero-order valence-electron chi connectivity index (χ0n) is 10.8. The fraction of sp³-hybridized carbons (Fsp3) is 0.500. The van der Waals surface area contributed by atoms with Gasteiger partial charge in [-0.15, -0.1) is 0 Å². The summed E-state index contributed by atoms with van der Waals surface area (Å²) in [5, 5.41) is 9.79. The van der Waals surface area contributed by atoms with Gasteiger partial charge in [0.25, 0.3) is 0 Å². The van der Waals surface area contributed by atoms with Crippen molar-refractivity contribution < 1.29 is 14.3 Å². The van der Waals surface area contributed by atoms with Gasteiger partial charge in [0.15, 0.2) is 0 Å². The lowest BCUT2D eigenvalue weighted by atomic mass is 10.0. The second-order valence-corrected chi connectivity index (χ2v) is 5.45. The number of carbonyl (C=O) groups is 1. The highest BCUT2D eigenvalue weighted by Gasteiger charge is 2.29. The molecule has 1 aliphatic rings. The molecule has 1 aromatic carbocycles. The Hall–Kier alpha value is -1.13. The lowest BCUT2D eigenvalue weighted by molar-refractivity contribution is -0.129. The Bertz CT molecular complexity index is 479. The van der Waals surface area contributed by atoms with E-state index < -0.39 is 11.9 Å². The first kappa shape index (κ1) is 14.3. The average Bonchev–Trinajstić information content (AvgIpc) is 2.82. The number of likely N-dealkylation sites (tertiary alicyclic amines) is 1. The second kappa shape index (κ2) is 5.88. The maximum Gasteiger partial charge on any atom is 0.227 e. The minimum Gasteiger partial charge on any atom is -0.393 e. The van der Waals surface area contributed by atoms with Crippen molar-refractivity contribution in [1.82, 2.24) is 4.90 Å². The van der Waals surface area contributed by atoms with Crippen molar-refractivity contribution in [2.24, 2.45) is 5.92 Å². The standard InChI is InChI=1S/C14H17ClFNO2/c1-9(18)11-4-5-17(8-11)14(19)6-10-2-3-12(16)7-13(10)15/h2-3,7,9,11,18H,4-6,8H2,1H3. The van der Waals surface area contributed by atoms with E-state index in [-0.39, 0.29) is 23.3 Å². The monoisotopic (exact) mass is 285 g/mol. The molecule has 1 aromatic rings. The topological polar surface area (TPSA) is 40.5 Å². The van der Waals surface area contributed by atoms with Gasteiger partial charge in [0.05, 0.1) is 12.5 Å². The average molecular weight is 286 g/mol. The number of benzene rings is 1. The zero-order chi connectivity index (χ0) is 14.0. The maximum absolute atomic E-state index is 12.9. The molecule has 1 saturated heterocycles. The molecule has 1 fully saturated rings. The minimum atomic E-state index is -0.406. The predicted octanol–water partition coefficient (Wildman–Crippen LogP) is 2.25. The summed E-state index contributed by atoms with van der Waals surface area (Å²) in [4.78, 5) is 13.8. The van der Waals surface area contributed by atoms with Gasteiger partial charge < -0.3 is 10.0 Å². The Labute approximate surface area is 117 Å². The van der Waals surface area contributed by atoms with Gasteiger partial charge in [0.2, 0.25) is 5.91 Å². The molecule has 5 heteroatoms. The number of nitrogens with zero attached hydrogens (tertiary/aromatic N) is 1. The van der Waals surface area contributed by atoms with Crippen LogP contribution in [0.4, 0.5) is 4.39 Å². The molecule has 2 unspecified atom stereocenters. The number of carbonyl (C=O) groups excluding carboxylic acids is 1. The van der Waals surface area contributed by atoms with Crippen molar-refractivity contribution in [1.29, 1.82) is 0 Å². The van der Waals surface area contributed by atoms with E-state index in [4.69, 9.17) is 11.6 Å². The van der Waals surface area contributed by atoms with Crippen LogP contribution in [0.1, 0.15) is 18.9 Å². The van der Waals surface area contributed by atoms with Crippen LogP contribution in [0.3, 0.4) is 0 Å². The molecule has 1 N–H and O–H groups in total. The van der Waals surface area contributed by atoms with E-state index in [0.29, 0.717) is 18.7 Å². The van der Waals surface area contributed by atoms with Gasteiger partial charge >= 0.3 is 0 Å². The summed E-state index contributed by atoms with van der Waals surface area (Å²) < 4.78 is 12.9. The maximum atomic E-state index is 12.9. The molecule has 1 heterocycles. The minimum absolute atomic E-state index is 0.0309. The summed E-state index contributed by atoms with van der Waals surface area (Å²) in [5.41, 5.74) is 0.633. The number of rotatable bonds is 3. The number of hydrogen-bond donors (Lipinski definition) is 1. The Balaban J connectivity index is 1.98. The van der Waals surface area contributed by atoms with Crippen LogP contribution in [0, 0.1) is 11.7 Å². The van der Waals surface area contributed by atoms with E-state index in [1.54, 1.807) is 11.8 Å². The molecule has 0 saturated carbocycles. The van der Waals surface area contributed by atoms with Gasteiger partial charge in [0.1, 0.15) is 5.82 Å². The molecular formula is C14H17ClFNO2. The third-order valence-corrected chi connectivity index (χ3v) is 3.97. The van der Waals surface area contributed by atoms with E-state index in [1.807, 2.05) is 0 Å². The highest BCUT2D eigenvalue weighted by atomic mass is 35.5. The Kier molecular flexibility index (Phi) is 4.42. The summed E-state index contributed by atoms with van der Waals surface area (Å²) in [6.45, 7) is 2.98. The highest BCUT2D eigenvalue weighted by molar-refractivity contribution is 6.31. The van der Waals surface area contributed by atoms with Gasteiger partial charge in [-0.1, -0.05) is 17.7 Å². The molecule has 104 valence electrons. The molecule has 0 bridgehead atoms. The SMILES string of the molecule is CC(O)C1CCN(C(=O)Cc2ccc(F)cc2Cl)C1. The summed E-state index contributed by atoms with van der Waals surface area (Å²) in [5.74, 6) is -0.291. The predicted molar refractivity (Wildman–Crippen MR) is 71.5 cm³/mol. The smallest absolute Gasteiger partial charge is 0.227 e. The largest absolute Gasteiger partial charge is 0.393 e. The van der Waals surface area contributed by atoms with Crippen LogP contribution in [-0.2, 0) is 11.2 Å². The molecule has 1 aliphatic heterocycles. The molecule has 2 atom stereocenters. The molecule has 2 rings (SSSR count). The van der Waals surface area contributed by atoms with Crippen LogP contribution < -0.4 is 0 Å². The molecule has 3 nitrogen and oxygen atoms in total. The third-order valence-electron chi connectivity index (χ3n) is 3.62.